The third-order valence-electron chi connectivity index (χ3n) is 4.20. The van der Waals surface area contributed by atoms with Crippen molar-refractivity contribution in [1.29, 1.82) is 4.78 Å². The minimum atomic E-state index is -2.12. The monoisotopic (exact) mass is 413 g/mol. The number of anilines is 3. The van der Waals surface area contributed by atoms with Gasteiger partial charge in [-0.2, -0.15) is 4.98 Å². The molecule has 8 nitrogen and oxygen atoms in total. The SMILES string of the molecule is COc1ccccc1-c1cnc(Nc2ccc([SH](=N)=O)cc2)nc1N[C@H](C)CO. The van der Waals surface area contributed by atoms with Crippen molar-refractivity contribution in [2.75, 3.05) is 24.4 Å². The lowest BCUT2D eigenvalue weighted by Crippen LogP contribution is -2.21. The summed E-state index contributed by atoms with van der Waals surface area (Å²) in [5.74, 6) is 1.61. The number of nitrogens with one attached hydrogen (secondary N) is 3. The van der Waals surface area contributed by atoms with E-state index in [2.05, 4.69) is 20.6 Å². The van der Waals surface area contributed by atoms with Crippen molar-refractivity contribution in [3.05, 3.63) is 54.7 Å². The number of aliphatic hydroxyl groups excluding tert-OH is 1. The van der Waals surface area contributed by atoms with Crippen molar-refractivity contribution in [2.45, 2.75) is 17.9 Å². The number of nitrogens with zero attached hydrogens (tertiary/aromatic N) is 2. The van der Waals surface area contributed by atoms with E-state index in [4.69, 9.17) is 9.52 Å². The Bertz CT molecular complexity index is 1050. The van der Waals surface area contributed by atoms with Gasteiger partial charge in [0, 0.05) is 33.9 Å². The first-order chi connectivity index (χ1) is 14.0. The van der Waals surface area contributed by atoms with Crippen LogP contribution in [-0.4, -0.2) is 39.0 Å². The van der Waals surface area contributed by atoms with Gasteiger partial charge < -0.3 is 20.5 Å². The molecule has 1 aromatic heterocycles. The van der Waals surface area contributed by atoms with Crippen molar-refractivity contribution in [1.82, 2.24) is 9.97 Å². The molecule has 3 rings (SSSR count). The molecule has 0 bridgehead atoms. The number of benzene rings is 2. The van der Waals surface area contributed by atoms with Gasteiger partial charge in [-0.25, -0.2) is 9.19 Å². The van der Waals surface area contributed by atoms with Gasteiger partial charge in [0.2, 0.25) is 5.95 Å². The van der Waals surface area contributed by atoms with Crippen LogP contribution >= 0.6 is 0 Å². The van der Waals surface area contributed by atoms with Crippen LogP contribution in [0.5, 0.6) is 5.75 Å². The van der Waals surface area contributed by atoms with Crippen molar-refractivity contribution in [2.24, 2.45) is 0 Å². The van der Waals surface area contributed by atoms with Crippen LogP contribution in [0.1, 0.15) is 6.92 Å². The van der Waals surface area contributed by atoms with E-state index in [0.29, 0.717) is 28.1 Å². The van der Waals surface area contributed by atoms with Gasteiger partial charge in [-0.05, 0) is 37.3 Å². The fourth-order valence-electron chi connectivity index (χ4n) is 2.70. The third kappa shape index (κ3) is 5.01. The Morgan fingerprint density at radius 3 is 2.55 bits per heavy atom. The largest absolute Gasteiger partial charge is 0.496 e. The molecule has 29 heavy (non-hydrogen) atoms. The topological polar surface area (TPSA) is 120 Å². The van der Waals surface area contributed by atoms with Crippen LogP contribution < -0.4 is 15.4 Å². The molecule has 0 saturated carbocycles. The zero-order valence-electron chi connectivity index (χ0n) is 16.1. The molecule has 0 radical (unpaired) electrons. The molecule has 0 aliphatic heterocycles. The third-order valence-corrected chi connectivity index (χ3v) is 4.97. The van der Waals surface area contributed by atoms with E-state index in [1.165, 1.54) is 0 Å². The zero-order valence-corrected chi connectivity index (χ0v) is 17.0. The standard InChI is InChI=1S/C20H23N5O3S/c1-13(12-26)23-19-17(16-5-3-4-6-18(16)28-2)11-22-20(25-19)24-14-7-9-15(10-8-14)29(21)27/h3-11,13,21,26,29H,12H2,1-2H3,(H2,22,23,24,25)/t13-/m1/s1. The minimum Gasteiger partial charge on any atom is -0.496 e. The maximum atomic E-state index is 11.2. The predicted molar refractivity (Wildman–Crippen MR) is 114 cm³/mol. The predicted octanol–water partition coefficient (Wildman–Crippen LogP) is 3.29. The Morgan fingerprint density at radius 2 is 1.90 bits per heavy atom. The van der Waals surface area contributed by atoms with Crippen molar-refractivity contribution < 1.29 is 14.1 Å². The summed E-state index contributed by atoms with van der Waals surface area (Å²) in [6.45, 7) is 1.80. The van der Waals surface area contributed by atoms with Gasteiger partial charge in [0.15, 0.2) is 0 Å². The highest BCUT2D eigenvalue weighted by Crippen LogP contribution is 2.34. The Labute approximate surface area is 171 Å². The zero-order chi connectivity index (χ0) is 20.8. The number of rotatable bonds is 8. The lowest BCUT2D eigenvalue weighted by atomic mass is 10.1. The Balaban J connectivity index is 1.97. The first kappa shape index (κ1) is 20.6. The van der Waals surface area contributed by atoms with E-state index in [1.54, 1.807) is 37.6 Å². The number of para-hydroxylation sites is 1. The van der Waals surface area contributed by atoms with Gasteiger partial charge in [0.05, 0.1) is 24.3 Å². The smallest absolute Gasteiger partial charge is 0.229 e. The normalized spacial score (nSPS) is 12.8. The summed E-state index contributed by atoms with van der Waals surface area (Å²) >= 11 is 0. The van der Waals surface area contributed by atoms with Gasteiger partial charge in [0.25, 0.3) is 0 Å². The molecule has 2 aromatic carbocycles. The molecule has 2 atom stereocenters. The molecule has 0 fully saturated rings. The van der Waals surface area contributed by atoms with E-state index in [0.717, 1.165) is 11.1 Å². The lowest BCUT2D eigenvalue weighted by molar-refractivity contribution is 0.281. The molecule has 9 heteroatoms. The maximum absolute atomic E-state index is 11.2. The van der Waals surface area contributed by atoms with Crippen molar-refractivity contribution >= 4 is 28.0 Å². The molecule has 3 aromatic rings. The maximum Gasteiger partial charge on any atom is 0.229 e. The first-order valence-electron chi connectivity index (χ1n) is 8.95. The molecule has 152 valence electrons. The highest BCUT2D eigenvalue weighted by molar-refractivity contribution is 7.73. The summed E-state index contributed by atoms with van der Waals surface area (Å²) in [7, 11) is -0.519. The van der Waals surface area contributed by atoms with Gasteiger partial charge in [-0.15, -0.1) is 0 Å². The number of thiol groups is 1. The number of aliphatic hydroxyl groups is 1. The fourth-order valence-corrected chi connectivity index (χ4v) is 3.12. The lowest BCUT2D eigenvalue weighted by Gasteiger charge is -2.17. The Morgan fingerprint density at radius 1 is 1.17 bits per heavy atom. The average molecular weight is 414 g/mol. The van der Waals surface area contributed by atoms with Crippen LogP contribution in [0.2, 0.25) is 0 Å². The van der Waals surface area contributed by atoms with Gasteiger partial charge in [0.1, 0.15) is 11.6 Å². The second-order valence-electron chi connectivity index (χ2n) is 6.35. The molecular formula is C20H23N5O3S. The quantitative estimate of drug-likeness (QED) is 0.359. The molecule has 0 aliphatic carbocycles. The molecule has 1 unspecified atom stereocenters. The fraction of sp³-hybridized carbons (Fsp3) is 0.200. The van der Waals surface area contributed by atoms with E-state index in [-0.39, 0.29) is 12.6 Å². The first-order valence-corrected chi connectivity index (χ1v) is 10.2. The molecule has 0 amide bonds. The average Bonchev–Trinajstić information content (AvgIpc) is 2.74. The van der Waals surface area contributed by atoms with E-state index in [1.807, 2.05) is 31.2 Å². The second-order valence-corrected chi connectivity index (χ2v) is 7.46. The van der Waals surface area contributed by atoms with Gasteiger partial charge in [-0.1, -0.05) is 18.2 Å². The highest BCUT2D eigenvalue weighted by Gasteiger charge is 2.15. The summed E-state index contributed by atoms with van der Waals surface area (Å²) in [6.07, 6.45) is 1.69. The van der Waals surface area contributed by atoms with Crippen LogP contribution in [0.25, 0.3) is 11.1 Å². The number of hydrogen-bond donors (Lipinski definition) is 5. The summed E-state index contributed by atoms with van der Waals surface area (Å²) in [5, 5.41) is 15.7. The molecule has 0 saturated heterocycles. The molecular weight excluding hydrogens is 390 g/mol. The summed E-state index contributed by atoms with van der Waals surface area (Å²) in [4.78, 5) is 9.43. The number of hydrogen-bond acceptors (Lipinski definition) is 8. The summed E-state index contributed by atoms with van der Waals surface area (Å²) in [6, 6.07) is 14.1. The van der Waals surface area contributed by atoms with E-state index >= 15 is 0 Å². The summed E-state index contributed by atoms with van der Waals surface area (Å²) in [5.41, 5.74) is 2.28. The van der Waals surface area contributed by atoms with Crippen LogP contribution in [0.4, 0.5) is 17.5 Å². The van der Waals surface area contributed by atoms with Crippen LogP contribution in [-0.2, 0) is 10.6 Å². The summed E-state index contributed by atoms with van der Waals surface area (Å²) < 4.78 is 24.0. The van der Waals surface area contributed by atoms with Crippen LogP contribution in [0.15, 0.2) is 59.6 Å². The van der Waals surface area contributed by atoms with Crippen LogP contribution in [0, 0.1) is 4.78 Å². The number of methoxy groups -OCH3 is 1. The second kappa shape index (κ2) is 9.35. The van der Waals surface area contributed by atoms with Gasteiger partial charge >= 0.3 is 0 Å². The Kier molecular flexibility index (Phi) is 6.63. The molecule has 4 N–H and O–H groups in total. The molecule has 0 spiro atoms. The molecule has 1 heterocycles. The van der Waals surface area contributed by atoms with Crippen molar-refractivity contribution in [3.63, 3.8) is 0 Å². The van der Waals surface area contributed by atoms with E-state index < -0.39 is 10.6 Å². The van der Waals surface area contributed by atoms with Gasteiger partial charge in [-0.3, -0.25) is 4.78 Å². The minimum absolute atomic E-state index is 0.0507. The van der Waals surface area contributed by atoms with Crippen molar-refractivity contribution in [3.8, 4) is 16.9 Å². The van der Waals surface area contributed by atoms with Crippen LogP contribution in [0.3, 0.4) is 0 Å². The Hall–Kier alpha value is -3.17. The van der Waals surface area contributed by atoms with E-state index in [9.17, 15) is 9.32 Å². The highest BCUT2D eigenvalue weighted by atomic mass is 32.2. The number of aromatic nitrogens is 2. The number of ether oxygens (including phenoxy) is 1. The molecule has 0 aliphatic rings.